The van der Waals surface area contributed by atoms with E-state index in [2.05, 4.69) is 58.1 Å². The highest BCUT2D eigenvalue weighted by Crippen LogP contribution is 2.72. The molecular formula is C37H55N3O3. The molecular weight excluding hydrogens is 534 g/mol. The number of hydrogen-bond donors (Lipinski definition) is 1. The zero-order valence-electron chi connectivity index (χ0n) is 28.3. The second-order valence-electron chi connectivity index (χ2n) is 17.3. The first kappa shape index (κ1) is 32.1. The smallest absolute Gasteiger partial charge is 0.178 e. The quantitative estimate of drug-likeness (QED) is 0.381. The van der Waals surface area contributed by atoms with Gasteiger partial charge in [-0.3, -0.25) is 9.59 Å². The van der Waals surface area contributed by atoms with E-state index >= 15 is 0 Å². The third-order valence-corrected chi connectivity index (χ3v) is 13.7. The second-order valence-corrected chi connectivity index (χ2v) is 17.3. The van der Waals surface area contributed by atoms with Crippen LogP contribution in [0.25, 0.3) is 0 Å². The van der Waals surface area contributed by atoms with Crippen LogP contribution in [0.1, 0.15) is 125 Å². The van der Waals surface area contributed by atoms with Gasteiger partial charge >= 0.3 is 0 Å². The minimum Gasteiger partial charge on any atom is -0.361 e. The van der Waals surface area contributed by atoms with Crippen molar-refractivity contribution in [3.63, 3.8) is 0 Å². The molecule has 1 N–H and O–H groups in total. The number of aryl methyl sites for hydroxylation is 1. The first-order valence-corrected chi connectivity index (χ1v) is 16.7. The molecule has 3 fully saturated rings. The minimum atomic E-state index is -0.607. The van der Waals surface area contributed by atoms with E-state index in [1.807, 2.05) is 32.9 Å². The van der Waals surface area contributed by atoms with E-state index in [-0.39, 0.29) is 50.6 Å². The Bertz CT molecular complexity index is 1350. The number of rotatable bonds is 4. The predicted molar refractivity (Wildman–Crippen MR) is 169 cm³/mol. The van der Waals surface area contributed by atoms with Crippen LogP contribution in [0.2, 0.25) is 0 Å². The SMILES string of the molecule is Cc1cc(CNC[C@@]2(C)CCC(C)(C)CCC3C(=O)C[C@@H]4[C@@]5(C)C=C(C#N)C(=O)C(C)(C)[C@@H]5CC[C@@]4(C)[C@]3(C)CC2)no1. The number of Topliss-reactive ketones (excluding diaryl/α,β-unsaturated/α-hetero) is 2. The molecule has 236 valence electrons. The summed E-state index contributed by atoms with van der Waals surface area (Å²) in [6.07, 6.45) is 10.9. The molecule has 0 aromatic carbocycles. The fourth-order valence-electron chi connectivity index (χ4n) is 10.5. The van der Waals surface area contributed by atoms with Crippen molar-refractivity contribution in [2.75, 3.05) is 6.54 Å². The summed E-state index contributed by atoms with van der Waals surface area (Å²) in [5.41, 5.74) is 0.277. The van der Waals surface area contributed by atoms with Crippen LogP contribution in [0.3, 0.4) is 0 Å². The van der Waals surface area contributed by atoms with Gasteiger partial charge in [-0.25, -0.2) is 0 Å². The molecule has 7 atom stereocenters. The predicted octanol–water partition coefficient (Wildman–Crippen LogP) is 8.15. The Labute approximate surface area is 259 Å². The van der Waals surface area contributed by atoms with E-state index in [0.29, 0.717) is 24.3 Å². The fraction of sp³-hybridized carbons (Fsp3) is 0.784. The number of carbonyl (C=O) groups excluding carboxylic acids is 2. The van der Waals surface area contributed by atoms with Gasteiger partial charge in [-0.05, 0) is 97.2 Å². The monoisotopic (exact) mass is 589 g/mol. The van der Waals surface area contributed by atoms with Crippen molar-refractivity contribution in [2.45, 2.75) is 127 Å². The highest BCUT2D eigenvalue weighted by Gasteiger charge is 2.68. The summed E-state index contributed by atoms with van der Waals surface area (Å²) in [5, 5.41) is 17.9. The van der Waals surface area contributed by atoms with Gasteiger partial charge in [0.25, 0.3) is 0 Å². The molecule has 0 aliphatic heterocycles. The summed E-state index contributed by atoms with van der Waals surface area (Å²) in [4.78, 5) is 27.8. The van der Waals surface area contributed by atoms with Crippen molar-refractivity contribution >= 4 is 11.6 Å². The molecule has 4 aliphatic carbocycles. The van der Waals surface area contributed by atoms with Gasteiger partial charge in [0.1, 0.15) is 17.6 Å². The van der Waals surface area contributed by atoms with Crippen LogP contribution in [-0.4, -0.2) is 23.3 Å². The maximum Gasteiger partial charge on any atom is 0.178 e. The van der Waals surface area contributed by atoms with E-state index in [9.17, 15) is 14.9 Å². The van der Waals surface area contributed by atoms with Gasteiger partial charge in [0.05, 0.1) is 11.3 Å². The van der Waals surface area contributed by atoms with Crippen LogP contribution in [0.5, 0.6) is 0 Å². The first-order valence-electron chi connectivity index (χ1n) is 16.7. The zero-order chi connectivity index (χ0) is 31.6. The summed E-state index contributed by atoms with van der Waals surface area (Å²) >= 11 is 0. The van der Waals surface area contributed by atoms with Gasteiger partial charge in [-0.15, -0.1) is 0 Å². The topological polar surface area (TPSA) is 96.0 Å². The lowest BCUT2D eigenvalue weighted by atomic mass is 9.35. The van der Waals surface area contributed by atoms with Crippen molar-refractivity contribution in [3.8, 4) is 6.07 Å². The molecule has 43 heavy (non-hydrogen) atoms. The van der Waals surface area contributed by atoms with Crippen molar-refractivity contribution in [1.82, 2.24) is 10.5 Å². The molecule has 1 aromatic rings. The Hall–Kier alpha value is -2.26. The summed E-state index contributed by atoms with van der Waals surface area (Å²) in [5.74, 6) is 1.49. The number of nitrogens with one attached hydrogen (secondary N) is 1. The van der Waals surface area contributed by atoms with Gasteiger partial charge in [0, 0.05) is 36.9 Å². The molecule has 1 unspecified atom stereocenters. The van der Waals surface area contributed by atoms with Crippen LogP contribution in [0, 0.1) is 68.5 Å². The molecule has 3 saturated carbocycles. The average Bonchev–Trinajstić information content (AvgIpc) is 3.34. The Balaban J connectivity index is 1.51. The first-order chi connectivity index (χ1) is 19.9. The van der Waals surface area contributed by atoms with Crippen LogP contribution in [0.15, 0.2) is 22.2 Å². The van der Waals surface area contributed by atoms with E-state index in [0.717, 1.165) is 69.4 Å². The third-order valence-electron chi connectivity index (χ3n) is 13.7. The van der Waals surface area contributed by atoms with Crippen LogP contribution in [0.4, 0.5) is 0 Å². The standard InChI is InChI=1S/C37H55N3O3/c1-24-18-26(40-43-24)22-39-23-34(6)15-14-32(2,3)12-10-27-28(41)19-30-35(7)20-25(21-38)31(42)33(4,5)29(35)11-13-37(30,9)36(27,8)17-16-34/h18,20,27,29-30,39H,10-17,19,22-23H2,1-9H3/t27?,29-,30+,34-,35-,36+,37+/m0/s1. The van der Waals surface area contributed by atoms with Gasteiger partial charge in [0.2, 0.25) is 0 Å². The van der Waals surface area contributed by atoms with Gasteiger partial charge in [-0.1, -0.05) is 66.6 Å². The average molecular weight is 590 g/mol. The number of nitriles is 1. The largest absolute Gasteiger partial charge is 0.361 e. The Morgan fingerprint density at radius 2 is 1.63 bits per heavy atom. The number of ketones is 2. The summed E-state index contributed by atoms with van der Waals surface area (Å²) in [6, 6.07) is 4.24. The van der Waals surface area contributed by atoms with Crippen LogP contribution in [-0.2, 0) is 16.1 Å². The molecule has 6 nitrogen and oxygen atoms in total. The van der Waals surface area contributed by atoms with Gasteiger partial charge in [-0.2, -0.15) is 5.26 Å². The van der Waals surface area contributed by atoms with Crippen LogP contribution < -0.4 is 5.32 Å². The number of allylic oxidation sites excluding steroid dienone is 2. The van der Waals surface area contributed by atoms with Crippen molar-refractivity contribution in [2.24, 2.45) is 50.2 Å². The van der Waals surface area contributed by atoms with E-state index in [1.165, 1.54) is 0 Å². The molecule has 0 amide bonds. The number of nitrogens with zero attached hydrogens (tertiary/aromatic N) is 2. The maximum atomic E-state index is 14.4. The summed E-state index contributed by atoms with van der Waals surface area (Å²) in [7, 11) is 0. The molecule has 1 heterocycles. The minimum absolute atomic E-state index is 0.0303. The van der Waals surface area contributed by atoms with E-state index < -0.39 is 5.41 Å². The molecule has 4 aliphatic rings. The van der Waals surface area contributed by atoms with Crippen molar-refractivity contribution in [1.29, 1.82) is 5.26 Å². The second kappa shape index (κ2) is 10.7. The number of aromatic nitrogens is 1. The molecule has 0 spiro atoms. The fourth-order valence-corrected chi connectivity index (χ4v) is 10.5. The zero-order valence-corrected chi connectivity index (χ0v) is 28.3. The number of fused-ring (bicyclic) bond motifs is 5. The molecule has 6 heteroatoms. The molecule has 5 rings (SSSR count). The number of hydrogen-bond acceptors (Lipinski definition) is 6. The lowest BCUT2D eigenvalue weighted by Gasteiger charge is -2.68. The van der Waals surface area contributed by atoms with Crippen LogP contribution >= 0.6 is 0 Å². The number of carbonyl (C=O) groups is 2. The molecule has 0 saturated heterocycles. The van der Waals surface area contributed by atoms with E-state index in [1.54, 1.807) is 0 Å². The highest BCUT2D eigenvalue weighted by atomic mass is 16.5. The molecule has 0 radical (unpaired) electrons. The lowest BCUT2D eigenvalue weighted by molar-refractivity contribution is -0.191. The molecule has 0 bridgehead atoms. The van der Waals surface area contributed by atoms with Crippen molar-refractivity contribution < 1.29 is 14.1 Å². The van der Waals surface area contributed by atoms with E-state index in [4.69, 9.17) is 4.52 Å². The Morgan fingerprint density at radius 1 is 0.930 bits per heavy atom. The normalized spacial score (nSPS) is 40.8. The highest BCUT2D eigenvalue weighted by molar-refractivity contribution is 6.04. The lowest BCUT2D eigenvalue weighted by Crippen LogP contribution is -2.65. The Morgan fingerprint density at radius 3 is 2.28 bits per heavy atom. The Kier molecular flexibility index (Phi) is 7.98. The summed E-state index contributed by atoms with van der Waals surface area (Å²) < 4.78 is 5.29. The third kappa shape index (κ3) is 5.26. The maximum absolute atomic E-state index is 14.4. The van der Waals surface area contributed by atoms with Gasteiger partial charge in [0.15, 0.2) is 5.78 Å². The van der Waals surface area contributed by atoms with Gasteiger partial charge < -0.3 is 9.84 Å². The molecule has 1 aromatic heterocycles. The summed E-state index contributed by atoms with van der Waals surface area (Å²) in [6.45, 7) is 22.0. The van der Waals surface area contributed by atoms with Crippen molar-refractivity contribution in [3.05, 3.63) is 29.2 Å².